The summed E-state index contributed by atoms with van der Waals surface area (Å²) < 4.78 is 14.0. The zero-order chi connectivity index (χ0) is 38.9. The van der Waals surface area contributed by atoms with Gasteiger partial charge in [0.2, 0.25) is 0 Å². The molecule has 0 radical (unpaired) electrons. The first-order valence-corrected chi connectivity index (χ1v) is 18.7. The summed E-state index contributed by atoms with van der Waals surface area (Å²) >= 11 is 0. The summed E-state index contributed by atoms with van der Waals surface area (Å²) in [6.07, 6.45) is 8.58. The molecule has 0 spiro atoms. The van der Waals surface area contributed by atoms with Gasteiger partial charge in [0.25, 0.3) is 5.91 Å². The van der Waals surface area contributed by atoms with E-state index in [2.05, 4.69) is 26.6 Å². The number of hydrogen-bond donors (Lipinski definition) is 3. The highest BCUT2D eigenvalue weighted by Crippen LogP contribution is 2.31. The molecule has 0 aliphatic carbocycles. The number of carboxylic acids is 1. The van der Waals surface area contributed by atoms with Gasteiger partial charge in [-0.05, 0) is 86.1 Å². The number of esters is 2. The average molecular weight is 743 g/mol. The highest BCUT2D eigenvalue weighted by atomic mass is 16.5. The Bertz CT molecular complexity index is 2320. The van der Waals surface area contributed by atoms with E-state index in [4.69, 9.17) is 20.3 Å². The minimum atomic E-state index is -0.835. The molecule has 2 aliphatic heterocycles. The number of para-hydroxylation sites is 2. The molecule has 6 aromatic rings. The number of aryl methyl sites for hydroxylation is 4. The van der Waals surface area contributed by atoms with Crippen LogP contribution in [-0.4, -0.2) is 51.3 Å². The normalized spacial score (nSPS) is 12.5. The van der Waals surface area contributed by atoms with Crippen molar-refractivity contribution in [3.8, 4) is 0 Å². The molecule has 0 unspecified atom stereocenters. The smallest absolute Gasteiger partial charge is 0.337 e. The van der Waals surface area contributed by atoms with Gasteiger partial charge in [0, 0.05) is 47.6 Å². The first-order valence-electron chi connectivity index (χ1n) is 18.7. The maximum atomic E-state index is 12.8. The van der Waals surface area contributed by atoms with Gasteiger partial charge in [0.1, 0.15) is 0 Å². The minimum Gasteiger partial charge on any atom is -0.478 e. The van der Waals surface area contributed by atoms with Crippen molar-refractivity contribution >= 4 is 57.0 Å². The van der Waals surface area contributed by atoms with Crippen molar-refractivity contribution in [3.05, 3.63) is 131 Å². The Hall–Kier alpha value is -6.36. The molecule has 11 nitrogen and oxygen atoms in total. The van der Waals surface area contributed by atoms with Gasteiger partial charge < -0.3 is 34.8 Å². The Kier molecular flexibility index (Phi) is 12.3. The summed E-state index contributed by atoms with van der Waals surface area (Å²) in [7, 11) is 0. The number of amides is 1. The van der Waals surface area contributed by atoms with E-state index in [0.717, 1.165) is 66.2 Å². The summed E-state index contributed by atoms with van der Waals surface area (Å²) in [6, 6.07) is 26.6. The standard InChI is InChI=1S/C22H22N2O3.C12H11NO2.C10H13NO2/c1-2-27-20(25)13-15-8-10-17(11-9-15)23-22(26)19-14-24-12-4-6-16-5-3-7-18(19)21(16)24;14-12(15)10-7-13-6-2-4-8-3-1-5-9(10)11(8)13;1-2-13-10(12)7-8-3-5-9(11)6-4-8/h3,5,7-11,14H,2,4,6,12-13H2,1H3,(H,23,26);1,3,5,7H,2,4,6H2,(H,14,15);3-6H,2,7,11H2,1H3. The Morgan fingerprint density at radius 2 is 1.15 bits per heavy atom. The van der Waals surface area contributed by atoms with Gasteiger partial charge >= 0.3 is 17.9 Å². The summed E-state index contributed by atoms with van der Waals surface area (Å²) in [5, 5.41) is 13.9. The lowest BCUT2D eigenvalue weighted by atomic mass is 10.0. The van der Waals surface area contributed by atoms with E-state index in [9.17, 15) is 19.2 Å². The molecule has 11 heteroatoms. The van der Waals surface area contributed by atoms with E-state index in [-0.39, 0.29) is 24.3 Å². The Balaban J connectivity index is 0.000000155. The molecule has 4 N–H and O–H groups in total. The lowest BCUT2D eigenvalue weighted by Crippen LogP contribution is -2.12. The molecule has 2 aromatic heterocycles. The number of hydrogen-bond acceptors (Lipinski definition) is 7. The van der Waals surface area contributed by atoms with E-state index < -0.39 is 5.97 Å². The highest BCUT2D eigenvalue weighted by molar-refractivity contribution is 6.13. The number of aromatic carboxylic acids is 1. The minimum absolute atomic E-state index is 0.115. The number of nitrogens with one attached hydrogen (secondary N) is 1. The van der Waals surface area contributed by atoms with Crippen LogP contribution in [0.2, 0.25) is 0 Å². The second-order valence-corrected chi connectivity index (χ2v) is 13.5. The Morgan fingerprint density at radius 1 is 0.673 bits per heavy atom. The van der Waals surface area contributed by atoms with Gasteiger partial charge in [-0.25, -0.2) is 4.79 Å². The van der Waals surface area contributed by atoms with Crippen LogP contribution in [0.25, 0.3) is 21.8 Å². The fourth-order valence-corrected chi connectivity index (χ4v) is 7.16. The first kappa shape index (κ1) is 38.4. The molecule has 8 rings (SSSR count). The molecular weight excluding hydrogens is 697 g/mol. The number of aromatic nitrogens is 2. The Labute approximate surface area is 319 Å². The lowest BCUT2D eigenvalue weighted by molar-refractivity contribution is -0.143. The van der Waals surface area contributed by atoms with Crippen molar-refractivity contribution in [1.29, 1.82) is 0 Å². The highest BCUT2D eigenvalue weighted by Gasteiger charge is 2.21. The van der Waals surface area contributed by atoms with Crippen molar-refractivity contribution in [3.63, 3.8) is 0 Å². The topological polar surface area (TPSA) is 155 Å². The molecule has 0 bridgehead atoms. The van der Waals surface area contributed by atoms with Crippen LogP contribution < -0.4 is 11.1 Å². The van der Waals surface area contributed by atoms with Gasteiger partial charge in [-0.2, -0.15) is 0 Å². The molecule has 0 saturated carbocycles. The second kappa shape index (κ2) is 17.6. The Morgan fingerprint density at radius 3 is 1.64 bits per heavy atom. The number of carbonyl (C=O) groups is 4. The van der Waals surface area contributed by atoms with E-state index >= 15 is 0 Å². The number of nitrogen functional groups attached to an aromatic ring is 1. The average Bonchev–Trinajstić information content (AvgIpc) is 3.76. The van der Waals surface area contributed by atoms with Crippen LogP contribution in [0, 0.1) is 0 Å². The van der Waals surface area contributed by atoms with Crippen molar-refractivity contribution in [2.45, 2.75) is 65.5 Å². The maximum absolute atomic E-state index is 12.8. The van der Waals surface area contributed by atoms with Crippen molar-refractivity contribution < 1.29 is 33.8 Å². The summed E-state index contributed by atoms with van der Waals surface area (Å²) in [6.45, 7) is 6.26. The fourth-order valence-electron chi connectivity index (χ4n) is 7.16. The van der Waals surface area contributed by atoms with Crippen molar-refractivity contribution in [2.24, 2.45) is 0 Å². The number of carboxylic acid groups (broad SMARTS) is 1. The van der Waals surface area contributed by atoms with E-state index in [1.807, 2.05) is 66.9 Å². The predicted molar refractivity (Wildman–Crippen MR) is 213 cm³/mol. The number of anilines is 2. The molecule has 4 heterocycles. The number of ether oxygens (including phenoxy) is 2. The molecule has 2 aliphatic rings. The third-order valence-electron chi connectivity index (χ3n) is 9.63. The van der Waals surface area contributed by atoms with Gasteiger partial charge in [0.05, 0.1) is 48.2 Å². The third-order valence-corrected chi connectivity index (χ3v) is 9.63. The number of rotatable bonds is 9. The molecule has 0 fully saturated rings. The van der Waals surface area contributed by atoms with Crippen LogP contribution in [0.3, 0.4) is 0 Å². The van der Waals surface area contributed by atoms with E-state index in [1.165, 1.54) is 16.6 Å². The number of nitrogens with zero attached hydrogens (tertiary/aromatic N) is 2. The van der Waals surface area contributed by atoms with E-state index in [1.54, 1.807) is 32.2 Å². The molecule has 55 heavy (non-hydrogen) atoms. The van der Waals surface area contributed by atoms with Gasteiger partial charge in [-0.15, -0.1) is 0 Å². The zero-order valence-corrected chi connectivity index (χ0v) is 31.2. The van der Waals surface area contributed by atoms with Crippen molar-refractivity contribution in [1.82, 2.24) is 9.13 Å². The maximum Gasteiger partial charge on any atom is 0.337 e. The molecule has 0 saturated heterocycles. The molecule has 0 atom stereocenters. The van der Waals surface area contributed by atoms with Gasteiger partial charge in [-0.3, -0.25) is 14.4 Å². The zero-order valence-electron chi connectivity index (χ0n) is 31.2. The summed E-state index contributed by atoms with van der Waals surface area (Å²) in [5.41, 5.74) is 14.7. The SMILES string of the molecule is CCOC(=O)Cc1ccc(N)cc1.CCOC(=O)Cc1ccc(NC(=O)c2cn3c4c(cccc24)CCC3)cc1.O=C(O)c1cn2c3c(cccc13)CCC2. The number of nitrogens with two attached hydrogens (primary N) is 1. The molecule has 284 valence electrons. The van der Waals surface area contributed by atoms with Crippen LogP contribution in [0.1, 0.15) is 69.7 Å². The molecule has 4 aromatic carbocycles. The number of benzene rings is 4. The van der Waals surface area contributed by atoms with Crippen LogP contribution >= 0.6 is 0 Å². The van der Waals surface area contributed by atoms with E-state index in [0.29, 0.717) is 42.1 Å². The van der Waals surface area contributed by atoms with Crippen LogP contribution in [0.15, 0.2) is 97.3 Å². The third kappa shape index (κ3) is 9.24. The summed E-state index contributed by atoms with van der Waals surface area (Å²) in [5.74, 6) is -1.40. The van der Waals surface area contributed by atoms with Gasteiger partial charge in [-0.1, -0.05) is 60.7 Å². The van der Waals surface area contributed by atoms with Crippen LogP contribution in [-0.2, 0) is 57.8 Å². The van der Waals surface area contributed by atoms with Crippen LogP contribution in [0.4, 0.5) is 11.4 Å². The van der Waals surface area contributed by atoms with Gasteiger partial charge in [0.15, 0.2) is 0 Å². The molecular formula is C44H46N4O7. The quantitative estimate of drug-likeness (QED) is 0.101. The van der Waals surface area contributed by atoms with Crippen LogP contribution in [0.5, 0.6) is 0 Å². The molecule has 1 amide bonds. The largest absolute Gasteiger partial charge is 0.478 e. The summed E-state index contributed by atoms with van der Waals surface area (Å²) in [4.78, 5) is 46.5. The number of carbonyl (C=O) groups excluding carboxylic acids is 3. The lowest BCUT2D eigenvalue weighted by Gasteiger charge is -2.14. The monoisotopic (exact) mass is 742 g/mol. The first-order chi connectivity index (χ1) is 26.6. The predicted octanol–water partition coefficient (Wildman–Crippen LogP) is 7.61. The fraction of sp³-hybridized carbons (Fsp3) is 0.273. The second-order valence-electron chi connectivity index (χ2n) is 13.5. The van der Waals surface area contributed by atoms with Crippen molar-refractivity contribution in [2.75, 3.05) is 24.3 Å².